The highest BCUT2D eigenvalue weighted by Crippen LogP contribution is 2.30. The summed E-state index contributed by atoms with van der Waals surface area (Å²) in [5, 5.41) is 9.61. The van der Waals surface area contributed by atoms with Crippen LogP contribution in [0.25, 0.3) is 0 Å². The summed E-state index contributed by atoms with van der Waals surface area (Å²) in [6.45, 7) is 0.0469. The summed E-state index contributed by atoms with van der Waals surface area (Å²) in [6.07, 6.45) is 0. The Balaban J connectivity index is 2.07. The number of hydrogen-bond acceptors (Lipinski definition) is 4. The molecule has 0 aromatic heterocycles. The maximum atomic E-state index is 11.8. The molecule has 2 aromatic rings. The third kappa shape index (κ3) is 3.04. The van der Waals surface area contributed by atoms with Crippen molar-refractivity contribution in [3.63, 3.8) is 0 Å². The van der Waals surface area contributed by atoms with Gasteiger partial charge in [0.25, 0.3) is 0 Å². The van der Waals surface area contributed by atoms with E-state index in [1.54, 1.807) is 36.4 Å². The number of hydrogen-bond donors (Lipinski definition) is 1. The van der Waals surface area contributed by atoms with Crippen molar-refractivity contribution < 1.29 is 19.4 Å². The minimum absolute atomic E-state index is 0.0239. The number of para-hydroxylation sites is 1. The van der Waals surface area contributed by atoms with E-state index < -0.39 is 5.97 Å². The van der Waals surface area contributed by atoms with Crippen LogP contribution in [0.3, 0.4) is 0 Å². The van der Waals surface area contributed by atoms with Crippen LogP contribution in [0.2, 0.25) is 0 Å². The highest BCUT2D eigenvalue weighted by molar-refractivity contribution is 5.89. The molecule has 0 atom stereocenters. The van der Waals surface area contributed by atoms with Crippen LogP contribution in [-0.2, 0) is 11.3 Å². The minimum atomic E-state index is -0.411. The van der Waals surface area contributed by atoms with Crippen LogP contribution in [0, 0.1) is 0 Å². The molecule has 19 heavy (non-hydrogen) atoms. The number of rotatable bonds is 4. The Bertz CT molecular complexity index is 564. The van der Waals surface area contributed by atoms with E-state index in [-0.39, 0.29) is 12.4 Å². The molecule has 0 saturated heterocycles. The first-order chi connectivity index (χ1) is 9.22. The maximum absolute atomic E-state index is 11.8. The largest absolute Gasteiger partial charge is 0.504 e. The zero-order chi connectivity index (χ0) is 13.7. The van der Waals surface area contributed by atoms with Crippen LogP contribution in [0.5, 0.6) is 11.5 Å². The summed E-state index contributed by atoms with van der Waals surface area (Å²) in [6, 6.07) is 13.7. The van der Waals surface area contributed by atoms with Gasteiger partial charge in [-0.05, 0) is 18.2 Å². The van der Waals surface area contributed by atoms with Gasteiger partial charge in [-0.15, -0.1) is 0 Å². The minimum Gasteiger partial charge on any atom is -0.504 e. The van der Waals surface area contributed by atoms with E-state index in [9.17, 15) is 9.90 Å². The molecule has 0 aliphatic rings. The zero-order valence-electron chi connectivity index (χ0n) is 10.5. The van der Waals surface area contributed by atoms with Crippen LogP contribution < -0.4 is 4.74 Å². The summed E-state index contributed by atoms with van der Waals surface area (Å²) < 4.78 is 10.3. The van der Waals surface area contributed by atoms with Crippen molar-refractivity contribution in [1.82, 2.24) is 0 Å². The predicted octanol–water partition coefficient (Wildman–Crippen LogP) is 2.76. The van der Waals surface area contributed by atoms with E-state index in [1.165, 1.54) is 13.2 Å². The van der Waals surface area contributed by atoms with Crippen molar-refractivity contribution in [2.75, 3.05) is 7.11 Å². The summed E-state index contributed by atoms with van der Waals surface area (Å²) in [7, 11) is 1.46. The molecule has 0 aliphatic carbocycles. The first-order valence-electron chi connectivity index (χ1n) is 5.79. The zero-order valence-corrected chi connectivity index (χ0v) is 10.5. The summed E-state index contributed by atoms with van der Waals surface area (Å²) in [5.41, 5.74) is 1.11. The van der Waals surface area contributed by atoms with Crippen molar-refractivity contribution in [1.29, 1.82) is 0 Å². The fourth-order valence-electron chi connectivity index (χ4n) is 1.72. The molecule has 0 heterocycles. The highest BCUT2D eigenvalue weighted by Gasteiger charge is 2.11. The van der Waals surface area contributed by atoms with Crippen molar-refractivity contribution in [3.8, 4) is 11.5 Å². The first kappa shape index (κ1) is 13.0. The standard InChI is InChI=1S/C15H14O4/c1-18-14-12(8-5-9-13(14)16)10-19-15(17)11-6-3-2-4-7-11/h2-9,16H,10H2,1H3. The quantitative estimate of drug-likeness (QED) is 0.857. The number of ether oxygens (including phenoxy) is 2. The van der Waals surface area contributed by atoms with Gasteiger partial charge >= 0.3 is 5.97 Å². The van der Waals surface area contributed by atoms with Crippen molar-refractivity contribution >= 4 is 5.97 Å². The fraction of sp³-hybridized carbons (Fsp3) is 0.133. The van der Waals surface area contributed by atoms with Gasteiger partial charge in [-0.2, -0.15) is 0 Å². The smallest absolute Gasteiger partial charge is 0.338 e. The second kappa shape index (κ2) is 5.91. The molecule has 4 heteroatoms. The lowest BCUT2D eigenvalue weighted by Crippen LogP contribution is -2.05. The fourth-order valence-corrected chi connectivity index (χ4v) is 1.72. The van der Waals surface area contributed by atoms with Crippen LogP contribution >= 0.6 is 0 Å². The van der Waals surface area contributed by atoms with Gasteiger partial charge in [-0.25, -0.2) is 4.79 Å². The average molecular weight is 258 g/mol. The van der Waals surface area contributed by atoms with E-state index >= 15 is 0 Å². The Morgan fingerprint density at radius 3 is 2.53 bits per heavy atom. The average Bonchev–Trinajstić information content (AvgIpc) is 2.45. The molecule has 0 spiro atoms. The Hall–Kier alpha value is -2.49. The molecule has 2 aromatic carbocycles. The number of esters is 1. The van der Waals surface area contributed by atoms with Crippen molar-refractivity contribution in [2.24, 2.45) is 0 Å². The Morgan fingerprint density at radius 1 is 1.11 bits per heavy atom. The maximum Gasteiger partial charge on any atom is 0.338 e. The van der Waals surface area contributed by atoms with E-state index in [1.807, 2.05) is 6.07 Å². The predicted molar refractivity (Wildman–Crippen MR) is 70.2 cm³/mol. The van der Waals surface area contributed by atoms with Gasteiger partial charge in [0, 0.05) is 5.56 Å². The second-order valence-corrected chi connectivity index (χ2v) is 3.91. The molecule has 0 bridgehead atoms. The Morgan fingerprint density at radius 2 is 1.84 bits per heavy atom. The van der Waals surface area contributed by atoms with Gasteiger partial charge in [-0.1, -0.05) is 30.3 Å². The van der Waals surface area contributed by atoms with Crippen molar-refractivity contribution in [3.05, 3.63) is 59.7 Å². The molecule has 0 fully saturated rings. The molecule has 0 aliphatic heterocycles. The summed E-state index contributed by atoms with van der Waals surface area (Å²) in [5.74, 6) is -0.0647. The monoisotopic (exact) mass is 258 g/mol. The Kier molecular flexibility index (Phi) is 4.03. The van der Waals surface area contributed by atoms with E-state index in [2.05, 4.69) is 0 Å². The number of carbonyl (C=O) groups is 1. The number of phenols is 1. The molecule has 0 saturated carbocycles. The van der Waals surface area contributed by atoms with Gasteiger partial charge in [0.15, 0.2) is 11.5 Å². The third-order valence-electron chi connectivity index (χ3n) is 2.65. The number of carbonyl (C=O) groups excluding carboxylic acids is 1. The van der Waals surface area contributed by atoms with E-state index in [0.29, 0.717) is 16.9 Å². The van der Waals surface area contributed by atoms with Gasteiger partial charge in [-0.3, -0.25) is 0 Å². The van der Waals surface area contributed by atoms with Gasteiger partial charge in [0.2, 0.25) is 0 Å². The molecule has 0 unspecified atom stereocenters. The number of methoxy groups -OCH3 is 1. The lowest BCUT2D eigenvalue weighted by Gasteiger charge is -2.10. The van der Waals surface area contributed by atoms with Crippen LogP contribution in [0.1, 0.15) is 15.9 Å². The number of benzene rings is 2. The van der Waals surface area contributed by atoms with Gasteiger partial charge < -0.3 is 14.6 Å². The molecule has 0 radical (unpaired) electrons. The van der Waals surface area contributed by atoms with E-state index in [0.717, 1.165) is 0 Å². The van der Waals surface area contributed by atoms with Crippen molar-refractivity contribution in [2.45, 2.75) is 6.61 Å². The molecular formula is C15H14O4. The summed E-state index contributed by atoms with van der Waals surface area (Å²) >= 11 is 0. The molecule has 98 valence electrons. The number of phenolic OH excluding ortho intramolecular Hbond substituents is 1. The molecule has 4 nitrogen and oxygen atoms in total. The van der Waals surface area contributed by atoms with Gasteiger partial charge in [0.1, 0.15) is 6.61 Å². The summed E-state index contributed by atoms with van der Waals surface area (Å²) in [4.78, 5) is 11.8. The van der Waals surface area contributed by atoms with Crippen LogP contribution in [0.4, 0.5) is 0 Å². The SMILES string of the molecule is COc1c(O)cccc1COC(=O)c1ccccc1. The van der Waals surface area contributed by atoms with E-state index in [4.69, 9.17) is 9.47 Å². The highest BCUT2D eigenvalue weighted by atomic mass is 16.5. The topological polar surface area (TPSA) is 55.8 Å². The van der Waals surface area contributed by atoms with Crippen LogP contribution in [-0.4, -0.2) is 18.2 Å². The normalized spacial score (nSPS) is 9.95. The second-order valence-electron chi connectivity index (χ2n) is 3.91. The molecule has 1 N–H and O–H groups in total. The van der Waals surface area contributed by atoms with Gasteiger partial charge in [0.05, 0.1) is 12.7 Å². The molecular weight excluding hydrogens is 244 g/mol. The number of aromatic hydroxyl groups is 1. The molecule has 2 rings (SSSR count). The lowest BCUT2D eigenvalue weighted by molar-refractivity contribution is 0.0469. The third-order valence-corrected chi connectivity index (χ3v) is 2.65. The Labute approximate surface area is 111 Å². The first-order valence-corrected chi connectivity index (χ1v) is 5.79. The molecule has 0 amide bonds. The van der Waals surface area contributed by atoms with Crippen LogP contribution in [0.15, 0.2) is 48.5 Å². The lowest BCUT2D eigenvalue weighted by atomic mass is 10.2.